The minimum absolute atomic E-state index is 0.0922. The summed E-state index contributed by atoms with van der Waals surface area (Å²) in [5.74, 6) is 0.499. The summed E-state index contributed by atoms with van der Waals surface area (Å²) in [6, 6.07) is 7.02. The summed E-state index contributed by atoms with van der Waals surface area (Å²) in [7, 11) is 0. The summed E-state index contributed by atoms with van der Waals surface area (Å²) >= 11 is 10.8. The molecule has 4 heteroatoms. The topological polar surface area (TPSA) is 35.2 Å². The molecule has 0 aromatic heterocycles. The smallest absolute Gasteiger partial charge is 0.205 e. The molecule has 2 nitrogen and oxygen atoms in total. The summed E-state index contributed by atoms with van der Waals surface area (Å²) < 4.78 is 5.06. The summed E-state index contributed by atoms with van der Waals surface area (Å²) in [6.07, 6.45) is 0. The molecule has 0 fully saturated rings. The van der Waals surface area contributed by atoms with Gasteiger partial charge in [-0.3, -0.25) is 0 Å². The Kier molecular flexibility index (Phi) is 3.26. The van der Waals surface area contributed by atoms with Crippen molar-refractivity contribution in [3.8, 4) is 5.75 Å². The van der Waals surface area contributed by atoms with Crippen LogP contribution in [0.2, 0.25) is 0 Å². The van der Waals surface area contributed by atoms with E-state index in [0.29, 0.717) is 11.4 Å². The molecule has 1 rings (SSSR count). The van der Waals surface area contributed by atoms with E-state index < -0.39 is 0 Å². The van der Waals surface area contributed by atoms with Crippen molar-refractivity contribution >= 4 is 28.9 Å². The second-order valence-electron chi connectivity index (χ2n) is 2.05. The third kappa shape index (κ3) is 2.32. The van der Waals surface area contributed by atoms with Gasteiger partial charge < -0.3 is 10.5 Å². The van der Waals surface area contributed by atoms with Gasteiger partial charge in [-0.1, -0.05) is 23.7 Å². The molecule has 2 N–H and O–H groups in total. The van der Waals surface area contributed by atoms with E-state index in [0.717, 1.165) is 5.54 Å². The van der Waals surface area contributed by atoms with E-state index in [2.05, 4.69) is 0 Å². The summed E-state index contributed by atoms with van der Waals surface area (Å²) in [5.41, 5.74) is 7.22. The van der Waals surface area contributed by atoms with E-state index >= 15 is 0 Å². The fourth-order valence-corrected chi connectivity index (χ4v) is 0.828. The maximum absolute atomic E-state index is 5.57. The van der Waals surface area contributed by atoms with E-state index in [9.17, 15) is 0 Å². The predicted molar refractivity (Wildman–Crippen MR) is 51.3 cm³/mol. The first kappa shape index (κ1) is 9.23. The molecule has 0 bridgehead atoms. The van der Waals surface area contributed by atoms with Gasteiger partial charge in [0.15, 0.2) is 5.75 Å². The lowest BCUT2D eigenvalue weighted by molar-refractivity contribution is 0.466. The second kappa shape index (κ2) is 4.24. The quantitative estimate of drug-likeness (QED) is 0.593. The largest absolute Gasteiger partial charge is 0.442 e. The second-order valence-corrected chi connectivity index (χ2v) is 2.64. The van der Waals surface area contributed by atoms with Crippen LogP contribution in [0.25, 0.3) is 0 Å². The maximum atomic E-state index is 5.57. The molecule has 0 unspecified atom stereocenters. The number of rotatable bonds is 2. The third-order valence-electron chi connectivity index (χ3n) is 1.21. The lowest BCUT2D eigenvalue weighted by atomic mass is 10.3. The number of halogens is 2. The van der Waals surface area contributed by atoms with Gasteiger partial charge in [-0.2, -0.15) is 0 Å². The van der Waals surface area contributed by atoms with Crippen molar-refractivity contribution in [2.45, 2.75) is 0 Å². The number of ether oxygens (including phenoxy) is 1. The molecule has 12 heavy (non-hydrogen) atoms. The molecular formula is C8H7Cl2NO. The van der Waals surface area contributed by atoms with Crippen molar-refractivity contribution in [2.24, 2.45) is 0 Å². The molecule has 1 aromatic rings. The molecule has 0 saturated carbocycles. The standard InChI is InChI=1S/C8H7Cl2NO/c9-5-8(10)12-7-4-2-1-3-6(7)11/h1-5H,11H2/b8-5+. The van der Waals surface area contributed by atoms with Gasteiger partial charge >= 0.3 is 0 Å². The highest BCUT2D eigenvalue weighted by molar-refractivity contribution is 6.35. The Bertz CT molecular complexity index is 299. The van der Waals surface area contributed by atoms with E-state index in [1.807, 2.05) is 0 Å². The molecule has 0 radical (unpaired) electrons. The monoisotopic (exact) mass is 203 g/mol. The van der Waals surface area contributed by atoms with Gasteiger partial charge in [0.1, 0.15) is 0 Å². The fourth-order valence-electron chi connectivity index (χ4n) is 0.701. The Morgan fingerprint density at radius 1 is 1.42 bits per heavy atom. The molecule has 0 heterocycles. The first-order valence-electron chi connectivity index (χ1n) is 3.22. The van der Waals surface area contributed by atoms with Crippen LogP contribution in [-0.2, 0) is 0 Å². The van der Waals surface area contributed by atoms with Crippen LogP contribution in [0, 0.1) is 0 Å². The third-order valence-corrected chi connectivity index (χ3v) is 1.71. The van der Waals surface area contributed by atoms with E-state index in [1.54, 1.807) is 24.3 Å². The minimum atomic E-state index is 0.0922. The van der Waals surface area contributed by atoms with Crippen LogP contribution in [0.4, 0.5) is 5.69 Å². The Hall–Kier alpha value is -0.860. The van der Waals surface area contributed by atoms with Crippen LogP contribution in [0.15, 0.2) is 35.0 Å². The molecular weight excluding hydrogens is 197 g/mol. The average Bonchev–Trinajstić information content (AvgIpc) is 2.09. The van der Waals surface area contributed by atoms with Gasteiger partial charge in [-0.15, -0.1) is 0 Å². The average molecular weight is 204 g/mol. The minimum Gasteiger partial charge on any atom is -0.442 e. The number of hydrogen-bond acceptors (Lipinski definition) is 2. The van der Waals surface area contributed by atoms with Gasteiger partial charge in [0.2, 0.25) is 5.22 Å². The van der Waals surface area contributed by atoms with Gasteiger partial charge in [-0.05, 0) is 23.7 Å². The Morgan fingerprint density at radius 3 is 2.67 bits per heavy atom. The molecule has 0 amide bonds. The lowest BCUT2D eigenvalue weighted by Gasteiger charge is -2.04. The van der Waals surface area contributed by atoms with Gasteiger partial charge in [0.05, 0.1) is 11.2 Å². The highest BCUT2D eigenvalue weighted by Gasteiger charge is 1.99. The summed E-state index contributed by atoms with van der Waals surface area (Å²) in [5, 5.41) is 0.0922. The van der Waals surface area contributed by atoms with Crippen LogP contribution in [0.1, 0.15) is 0 Å². The molecule has 0 aliphatic rings. The lowest BCUT2D eigenvalue weighted by Crippen LogP contribution is -1.93. The molecule has 0 spiro atoms. The van der Waals surface area contributed by atoms with Gasteiger partial charge in [0, 0.05) is 0 Å². The van der Waals surface area contributed by atoms with Crippen LogP contribution in [-0.4, -0.2) is 0 Å². The summed E-state index contributed by atoms with van der Waals surface area (Å²) in [4.78, 5) is 0. The maximum Gasteiger partial charge on any atom is 0.205 e. The van der Waals surface area contributed by atoms with Gasteiger partial charge in [0.25, 0.3) is 0 Å². The normalized spacial score (nSPS) is 11.3. The zero-order valence-corrected chi connectivity index (χ0v) is 7.64. The van der Waals surface area contributed by atoms with Crippen molar-refractivity contribution in [1.29, 1.82) is 0 Å². The number of anilines is 1. The molecule has 0 saturated heterocycles. The molecule has 64 valence electrons. The predicted octanol–water partition coefficient (Wildman–Crippen LogP) is 2.92. The number of para-hydroxylation sites is 2. The Balaban J connectivity index is 2.82. The zero-order valence-electron chi connectivity index (χ0n) is 6.13. The number of hydrogen-bond donors (Lipinski definition) is 1. The first-order chi connectivity index (χ1) is 5.74. The summed E-state index contributed by atoms with van der Waals surface area (Å²) in [6.45, 7) is 0. The van der Waals surface area contributed by atoms with E-state index in [1.165, 1.54) is 0 Å². The van der Waals surface area contributed by atoms with Gasteiger partial charge in [-0.25, -0.2) is 0 Å². The first-order valence-corrected chi connectivity index (χ1v) is 4.03. The van der Waals surface area contributed by atoms with Crippen LogP contribution in [0.5, 0.6) is 5.75 Å². The van der Waals surface area contributed by atoms with Crippen molar-refractivity contribution in [2.75, 3.05) is 5.73 Å². The van der Waals surface area contributed by atoms with Crippen LogP contribution in [0.3, 0.4) is 0 Å². The van der Waals surface area contributed by atoms with Crippen molar-refractivity contribution in [3.05, 3.63) is 35.0 Å². The molecule has 0 atom stereocenters. The zero-order chi connectivity index (χ0) is 8.97. The molecule has 0 aliphatic carbocycles. The molecule has 0 aliphatic heterocycles. The number of benzene rings is 1. The highest BCUT2D eigenvalue weighted by Crippen LogP contribution is 2.23. The van der Waals surface area contributed by atoms with Crippen molar-refractivity contribution in [3.63, 3.8) is 0 Å². The van der Waals surface area contributed by atoms with E-state index in [4.69, 9.17) is 33.7 Å². The Labute approximate surface area is 80.5 Å². The molecule has 1 aromatic carbocycles. The van der Waals surface area contributed by atoms with E-state index in [-0.39, 0.29) is 5.22 Å². The van der Waals surface area contributed by atoms with Crippen LogP contribution >= 0.6 is 23.2 Å². The van der Waals surface area contributed by atoms with Crippen LogP contribution < -0.4 is 10.5 Å². The fraction of sp³-hybridized carbons (Fsp3) is 0. The van der Waals surface area contributed by atoms with Crippen molar-refractivity contribution < 1.29 is 4.74 Å². The number of nitrogens with two attached hydrogens (primary N) is 1. The number of nitrogen functional groups attached to an aromatic ring is 1. The van der Waals surface area contributed by atoms with Crippen molar-refractivity contribution in [1.82, 2.24) is 0 Å². The SMILES string of the molecule is Nc1ccccc1O/C(Cl)=C/Cl. The Morgan fingerprint density at radius 2 is 2.08 bits per heavy atom. The highest BCUT2D eigenvalue weighted by atomic mass is 35.5.